The van der Waals surface area contributed by atoms with Gasteiger partial charge in [0.15, 0.2) is 11.5 Å². The number of aromatic nitrogens is 2. The molecule has 0 atom stereocenters. The molecular formula is C22H33N5O3. The third kappa shape index (κ3) is 4.52. The lowest BCUT2D eigenvalue weighted by atomic mass is 9.80. The summed E-state index contributed by atoms with van der Waals surface area (Å²) in [6.45, 7) is 6.72. The Morgan fingerprint density at radius 2 is 1.83 bits per heavy atom. The summed E-state index contributed by atoms with van der Waals surface area (Å²) in [6.07, 6.45) is 3.45. The van der Waals surface area contributed by atoms with Crippen molar-refractivity contribution in [2.24, 2.45) is 5.41 Å². The van der Waals surface area contributed by atoms with E-state index in [4.69, 9.17) is 20.2 Å². The number of methoxy groups -OCH3 is 2. The maximum Gasteiger partial charge on any atom is 0.227 e. The maximum absolute atomic E-state index is 12.2. The van der Waals surface area contributed by atoms with Gasteiger partial charge in [-0.2, -0.15) is 4.98 Å². The molecule has 2 N–H and O–H groups in total. The standard InChI is InChI=1S/C22H33N5O3/c1-6-7-19(28)27-10-8-22(2,9-11-27)14-26(3)21-24-16-13-18(30-5)17(29-4)12-15(16)20(23)25-21/h12-13H,6-11,14H2,1-5H3,(H2,23,24,25). The molecule has 0 aliphatic carbocycles. The number of fused-ring (bicyclic) bond motifs is 1. The fourth-order valence-corrected chi connectivity index (χ4v) is 4.11. The van der Waals surface area contributed by atoms with Crippen LogP contribution < -0.4 is 20.1 Å². The van der Waals surface area contributed by atoms with Gasteiger partial charge in [-0.05, 0) is 30.7 Å². The number of amides is 1. The van der Waals surface area contributed by atoms with Gasteiger partial charge in [0.2, 0.25) is 11.9 Å². The minimum Gasteiger partial charge on any atom is -0.493 e. The topological polar surface area (TPSA) is 93.8 Å². The normalized spacial score (nSPS) is 15.8. The van der Waals surface area contributed by atoms with Crippen molar-refractivity contribution in [2.45, 2.75) is 39.5 Å². The van der Waals surface area contributed by atoms with Crippen molar-refractivity contribution in [3.63, 3.8) is 0 Å². The van der Waals surface area contributed by atoms with E-state index in [1.807, 2.05) is 24.9 Å². The molecule has 2 heterocycles. The molecule has 1 aliphatic rings. The molecule has 2 aromatic rings. The zero-order valence-corrected chi connectivity index (χ0v) is 18.7. The van der Waals surface area contributed by atoms with Crippen molar-refractivity contribution >= 4 is 28.6 Å². The fourth-order valence-electron chi connectivity index (χ4n) is 4.11. The third-order valence-electron chi connectivity index (χ3n) is 5.97. The summed E-state index contributed by atoms with van der Waals surface area (Å²) in [6, 6.07) is 3.63. The molecule has 1 saturated heterocycles. The van der Waals surface area contributed by atoms with Crippen LogP contribution in [0.15, 0.2) is 12.1 Å². The number of nitrogens with zero attached hydrogens (tertiary/aromatic N) is 4. The molecular weight excluding hydrogens is 382 g/mol. The highest BCUT2D eigenvalue weighted by atomic mass is 16.5. The van der Waals surface area contributed by atoms with Crippen molar-refractivity contribution in [2.75, 3.05) is 51.5 Å². The molecule has 8 nitrogen and oxygen atoms in total. The number of anilines is 2. The number of benzene rings is 1. The molecule has 0 spiro atoms. The Kier molecular flexibility index (Phi) is 6.53. The number of rotatable bonds is 7. The average molecular weight is 416 g/mol. The van der Waals surface area contributed by atoms with Gasteiger partial charge in [0, 0.05) is 44.6 Å². The van der Waals surface area contributed by atoms with Crippen LogP contribution in [-0.4, -0.2) is 61.7 Å². The van der Waals surface area contributed by atoms with E-state index in [-0.39, 0.29) is 11.3 Å². The first-order valence-electron chi connectivity index (χ1n) is 10.5. The van der Waals surface area contributed by atoms with E-state index in [9.17, 15) is 4.79 Å². The van der Waals surface area contributed by atoms with Crippen molar-refractivity contribution in [3.05, 3.63) is 12.1 Å². The summed E-state index contributed by atoms with van der Waals surface area (Å²) >= 11 is 0. The molecule has 0 unspecified atom stereocenters. The molecule has 1 fully saturated rings. The second-order valence-corrected chi connectivity index (χ2v) is 8.43. The van der Waals surface area contributed by atoms with Crippen molar-refractivity contribution in [1.82, 2.24) is 14.9 Å². The van der Waals surface area contributed by atoms with Gasteiger partial charge in [0.25, 0.3) is 0 Å². The van der Waals surface area contributed by atoms with E-state index in [1.165, 1.54) is 0 Å². The molecule has 1 aliphatic heterocycles. The third-order valence-corrected chi connectivity index (χ3v) is 5.97. The minimum atomic E-state index is 0.0857. The molecule has 164 valence electrons. The highest BCUT2D eigenvalue weighted by molar-refractivity contribution is 5.91. The molecule has 30 heavy (non-hydrogen) atoms. The van der Waals surface area contributed by atoms with Crippen LogP contribution in [0, 0.1) is 5.41 Å². The van der Waals surface area contributed by atoms with Gasteiger partial charge in [-0.1, -0.05) is 13.8 Å². The lowest BCUT2D eigenvalue weighted by Gasteiger charge is -2.41. The Hall–Kier alpha value is -2.77. The zero-order chi connectivity index (χ0) is 21.9. The Balaban J connectivity index is 1.76. The smallest absolute Gasteiger partial charge is 0.227 e. The SMILES string of the molecule is CCCC(=O)N1CCC(C)(CN(C)c2nc(N)c3cc(OC)c(OC)cc3n2)CC1. The summed E-state index contributed by atoms with van der Waals surface area (Å²) in [4.78, 5) is 25.5. The number of hydrogen-bond acceptors (Lipinski definition) is 7. The predicted molar refractivity (Wildman–Crippen MR) is 119 cm³/mol. The van der Waals surface area contributed by atoms with Crippen LogP contribution in [0.25, 0.3) is 10.9 Å². The van der Waals surface area contributed by atoms with Crippen molar-refractivity contribution in [1.29, 1.82) is 0 Å². The Bertz CT molecular complexity index is 909. The Morgan fingerprint density at radius 1 is 1.20 bits per heavy atom. The summed E-state index contributed by atoms with van der Waals surface area (Å²) in [5.41, 5.74) is 7.04. The first kappa shape index (κ1) is 21.9. The van der Waals surface area contributed by atoms with Crippen LogP contribution in [0.3, 0.4) is 0 Å². The van der Waals surface area contributed by atoms with E-state index in [0.717, 1.165) is 44.3 Å². The van der Waals surface area contributed by atoms with E-state index >= 15 is 0 Å². The lowest BCUT2D eigenvalue weighted by Crippen LogP contribution is -2.46. The molecule has 8 heteroatoms. The number of nitrogens with two attached hydrogens (primary N) is 1. The van der Waals surface area contributed by atoms with Crippen LogP contribution in [0.2, 0.25) is 0 Å². The van der Waals surface area contributed by atoms with Gasteiger partial charge < -0.3 is 25.0 Å². The van der Waals surface area contributed by atoms with Gasteiger partial charge in [-0.3, -0.25) is 4.79 Å². The lowest BCUT2D eigenvalue weighted by molar-refractivity contribution is -0.133. The number of carbonyl (C=O) groups excluding carboxylic acids is 1. The first-order chi connectivity index (χ1) is 14.3. The highest BCUT2D eigenvalue weighted by Crippen LogP contribution is 2.36. The quantitative estimate of drug-likeness (QED) is 0.742. The number of hydrogen-bond donors (Lipinski definition) is 1. The number of carbonyl (C=O) groups is 1. The van der Waals surface area contributed by atoms with E-state index in [0.29, 0.717) is 35.2 Å². The molecule has 0 saturated carbocycles. The summed E-state index contributed by atoms with van der Waals surface area (Å²) in [7, 11) is 5.17. The molecule has 1 aromatic heterocycles. The summed E-state index contributed by atoms with van der Waals surface area (Å²) in [5, 5.41) is 0.735. The average Bonchev–Trinajstić information content (AvgIpc) is 2.73. The number of nitrogen functional groups attached to an aromatic ring is 1. The number of piperidine rings is 1. The molecule has 0 radical (unpaired) electrons. The van der Waals surface area contributed by atoms with Gasteiger partial charge in [-0.25, -0.2) is 4.98 Å². The highest BCUT2D eigenvalue weighted by Gasteiger charge is 2.33. The second kappa shape index (κ2) is 8.93. The summed E-state index contributed by atoms with van der Waals surface area (Å²) in [5.74, 6) is 2.46. The van der Waals surface area contributed by atoms with Gasteiger partial charge in [-0.15, -0.1) is 0 Å². The maximum atomic E-state index is 12.2. The number of ether oxygens (including phenoxy) is 2. The predicted octanol–water partition coefficient (Wildman–Crippen LogP) is 3.09. The molecule has 1 aromatic carbocycles. The van der Waals surface area contributed by atoms with Gasteiger partial charge in [0.1, 0.15) is 5.82 Å². The first-order valence-corrected chi connectivity index (χ1v) is 10.5. The number of likely N-dealkylation sites (tertiary alicyclic amines) is 1. The van der Waals surface area contributed by atoms with Crippen molar-refractivity contribution < 1.29 is 14.3 Å². The van der Waals surface area contributed by atoms with E-state index in [1.54, 1.807) is 20.3 Å². The zero-order valence-electron chi connectivity index (χ0n) is 18.7. The minimum absolute atomic E-state index is 0.0857. The summed E-state index contributed by atoms with van der Waals surface area (Å²) < 4.78 is 10.8. The van der Waals surface area contributed by atoms with Gasteiger partial charge in [0.05, 0.1) is 19.7 Å². The van der Waals surface area contributed by atoms with Gasteiger partial charge >= 0.3 is 0 Å². The van der Waals surface area contributed by atoms with Crippen LogP contribution in [0.4, 0.5) is 11.8 Å². The van der Waals surface area contributed by atoms with Crippen LogP contribution in [-0.2, 0) is 4.79 Å². The second-order valence-electron chi connectivity index (χ2n) is 8.43. The van der Waals surface area contributed by atoms with Crippen LogP contribution in [0.1, 0.15) is 39.5 Å². The molecule has 0 bridgehead atoms. The molecule has 1 amide bonds. The van der Waals surface area contributed by atoms with E-state index < -0.39 is 0 Å². The molecule has 3 rings (SSSR count). The van der Waals surface area contributed by atoms with Crippen molar-refractivity contribution in [3.8, 4) is 11.5 Å². The van der Waals surface area contributed by atoms with Crippen LogP contribution >= 0.6 is 0 Å². The van der Waals surface area contributed by atoms with E-state index in [2.05, 4.69) is 16.8 Å². The fraction of sp³-hybridized carbons (Fsp3) is 0.591. The monoisotopic (exact) mass is 415 g/mol. The largest absolute Gasteiger partial charge is 0.493 e. The Labute approximate surface area is 178 Å². The Morgan fingerprint density at radius 3 is 2.43 bits per heavy atom. The van der Waals surface area contributed by atoms with Crippen LogP contribution in [0.5, 0.6) is 11.5 Å².